The summed E-state index contributed by atoms with van der Waals surface area (Å²) in [5.74, 6) is -11.9. The highest BCUT2D eigenvalue weighted by atomic mass is 32.1. The van der Waals surface area contributed by atoms with Crippen LogP contribution in [0.1, 0.15) is 65.5 Å². The molecule has 0 fully saturated rings. The summed E-state index contributed by atoms with van der Waals surface area (Å²) >= 11 is 4.31. The van der Waals surface area contributed by atoms with Crippen LogP contribution in [0.15, 0.2) is 87.7 Å². The molecule has 0 unspecified atom stereocenters. The number of imidazole rings is 7. The first-order valence-electron chi connectivity index (χ1n) is 29.3. The van der Waals surface area contributed by atoms with Crippen molar-refractivity contribution in [3.8, 4) is 0 Å². The van der Waals surface area contributed by atoms with Crippen LogP contribution in [0.4, 0.5) is 0 Å². The molecule has 0 aliphatic rings. The number of rotatable bonds is 40. The van der Waals surface area contributed by atoms with E-state index >= 15 is 0 Å². The molecule has 0 saturated carbocycles. The van der Waals surface area contributed by atoms with Crippen LogP contribution in [-0.4, -0.2) is 218 Å². The topological polar surface area (TPSA) is 589 Å². The molecule has 38 nitrogen and oxygen atoms in total. The average Bonchev–Trinajstić information content (AvgIpc) is 1.43. The van der Waals surface area contributed by atoms with Gasteiger partial charge in [-0.2, -0.15) is 12.6 Å². The van der Waals surface area contributed by atoms with Crippen LogP contribution in [0.3, 0.4) is 0 Å². The number of aromatic amines is 7. The summed E-state index contributed by atoms with van der Waals surface area (Å²) in [7, 11) is 0. The van der Waals surface area contributed by atoms with E-state index in [0.29, 0.717) is 23.5 Å². The Morgan fingerprint density at radius 3 is 0.904 bits per heavy atom. The van der Waals surface area contributed by atoms with Crippen LogP contribution < -0.4 is 59.3 Å². The number of hydrogen-bond donors (Lipinski definition) is 21. The van der Waals surface area contributed by atoms with Crippen LogP contribution in [0.2, 0.25) is 0 Å². The molecule has 94 heavy (non-hydrogen) atoms. The van der Waals surface area contributed by atoms with Crippen molar-refractivity contribution >= 4 is 77.7 Å². The number of aromatic nitrogens is 14. The Hall–Kier alpha value is -11.1. The first-order chi connectivity index (χ1) is 45.2. The van der Waals surface area contributed by atoms with Gasteiger partial charge in [0.25, 0.3) is 0 Å². The van der Waals surface area contributed by atoms with Gasteiger partial charge in [0.15, 0.2) is 0 Å². The molecular weight excluding hydrogens is 1250 g/mol. The van der Waals surface area contributed by atoms with Crippen LogP contribution in [0, 0.1) is 0 Å². The zero-order valence-electron chi connectivity index (χ0n) is 50.2. The minimum Gasteiger partial charge on any atom is -0.481 e. The number of hydrogen-bond acceptors (Lipinski definition) is 21. The Kier molecular flexibility index (Phi) is 26.6. The number of carboxylic acid groups (broad SMARTS) is 2. The number of nitrogens with zero attached hydrogens (tertiary/aromatic N) is 7. The standard InChI is InChI=1S/C55H73N25O13S/c56-4-2-1-3-36(72-53(90)42(12-45(81)82)73-46(83)35(57)5-28-13-58-21-65-28)47(84)80-44(20-94)54(91)78-40(9-32-17-62-25-69-32)51(88)76-38(7-30-15-60-23-67-30)49(86)74-37(6-29-14-59-22-66-29)48(85)75-39(8-31-16-61-24-68-31)50(87)77-41(10-33-18-63-26-70-33)52(89)79-43(55(92)93)11-34-19-64-27-71-34/h13-19,21-27,35-44,94H,1-12,20,56-57H2,(H,58,65)(H,59,66)(H,60,67)(H,61,68)(H,62,69)(H,63,70)(H,64,71)(H,72,90)(H,73,83)(H,74,86)(H,75,85)(H,76,88)(H,77,87)(H,78,91)(H,79,89)(H,80,84)(H,81,82)(H,92,93)/t35-,36-,37-,38-,39-,40-,41-,42-,43-,44-/m0/s1. The molecule has 0 aliphatic heterocycles. The van der Waals surface area contributed by atoms with Gasteiger partial charge in [-0.05, 0) is 25.8 Å². The summed E-state index contributed by atoms with van der Waals surface area (Å²) in [5.41, 5.74) is 13.8. The normalized spacial score (nSPS) is 14.4. The third-order valence-electron chi connectivity index (χ3n) is 14.3. The maximum atomic E-state index is 14.8. The monoisotopic (exact) mass is 1320 g/mol. The van der Waals surface area contributed by atoms with Crippen LogP contribution in [0.25, 0.3) is 0 Å². The van der Waals surface area contributed by atoms with Crippen molar-refractivity contribution in [2.75, 3.05) is 12.3 Å². The molecule has 0 spiro atoms. The Bertz CT molecular complexity index is 3530. The van der Waals surface area contributed by atoms with Crippen molar-refractivity contribution < 1.29 is 63.0 Å². The number of amides is 9. The molecule has 502 valence electrons. The van der Waals surface area contributed by atoms with Crippen LogP contribution >= 0.6 is 12.6 Å². The van der Waals surface area contributed by atoms with E-state index in [1.807, 2.05) is 0 Å². The molecular formula is C55H73N25O13S. The van der Waals surface area contributed by atoms with E-state index in [4.69, 9.17) is 11.5 Å². The minimum absolute atomic E-state index is 0.0630. The van der Waals surface area contributed by atoms with Crippen molar-refractivity contribution in [3.63, 3.8) is 0 Å². The quantitative estimate of drug-likeness (QED) is 0.0126. The lowest BCUT2D eigenvalue weighted by Gasteiger charge is -2.28. The zero-order chi connectivity index (χ0) is 67.5. The van der Waals surface area contributed by atoms with Gasteiger partial charge in [0, 0.05) is 94.1 Å². The van der Waals surface area contributed by atoms with Crippen molar-refractivity contribution in [3.05, 3.63) is 128 Å². The van der Waals surface area contributed by atoms with Gasteiger partial charge in [0.1, 0.15) is 54.4 Å². The number of nitrogens with two attached hydrogens (primary N) is 2. The first-order valence-corrected chi connectivity index (χ1v) is 30.0. The second-order valence-electron chi connectivity index (χ2n) is 21.4. The minimum atomic E-state index is -1.71. The zero-order valence-corrected chi connectivity index (χ0v) is 51.1. The molecule has 22 N–H and O–H groups in total. The fourth-order valence-electron chi connectivity index (χ4n) is 9.43. The third kappa shape index (κ3) is 22.1. The second kappa shape index (κ2) is 35.5. The van der Waals surface area contributed by atoms with E-state index in [2.05, 4.69) is 130 Å². The molecule has 0 bridgehead atoms. The second-order valence-corrected chi connectivity index (χ2v) is 21.8. The van der Waals surface area contributed by atoms with E-state index in [-0.39, 0.29) is 87.1 Å². The lowest BCUT2D eigenvalue weighted by Crippen LogP contribution is -2.61. The number of unbranched alkanes of at least 4 members (excludes halogenated alkanes) is 1. The van der Waals surface area contributed by atoms with Crippen LogP contribution in [-0.2, 0) is 97.7 Å². The number of aliphatic carboxylic acids is 2. The van der Waals surface area contributed by atoms with E-state index in [1.165, 1.54) is 87.7 Å². The summed E-state index contributed by atoms with van der Waals surface area (Å²) in [4.78, 5) is 201. The van der Waals surface area contributed by atoms with Gasteiger partial charge >= 0.3 is 11.9 Å². The number of thiol groups is 1. The van der Waals surface area contributed by atoms with Crippen molar-refractivity contribution in [1.82, 2.24) is 118 Å². The maximum Gasteiger partial charge on any atom is 0.326 e. The van der Waals surface area contributed by atoms with E-state index in [0.717, 1.165) is 0 Å². The molecule has 0 aromatic carbocycles. The summed E-state index contributed by atoms with van der Waals surface area (Å²) < 4.78 is 0. The summed E-state index contributed by atoms with van der Waals surface area (Å²) in [6.07, 6.45) is 17.4. The van der Waals surface area contributed by atoms with Gasteiger partial charge in [-0.3, -0.25) is 47.9 Å². The lowest BCUT2D eigenvalue weighted by atomic mass is 10.0. The van der Waals surface area contributed by atoms with Gasteiger partial charge in [-0.1, -0.05) is 0 Å². The average molecular weight is 1320 g/mol. The van der Waals surface area contributed by atoms with Gasteiger partial charge in [0.05, 0.1) is 96.6 Å². The van der Waals surface area contributed by atoms with Gasteiger partial charge in [0.2, 0.25) is 53.2 Å². The first kappa shape index (κ1) is 70.4. The molecule has 7 rings (SSSR count). The van der Waals surface area contributed by atoms with E-state index in [1.54, 1.807) is 0 Å². The molecule has 39 heteroatoms. The molecule has 10 atom stereocenters. The number of nitrogens with one attached hydrogen (secondary N) is 16. The predicted octanol–water partition coefficient (Wildman–Crippen LogP) is -5.94. The fraction of sp³-hybridized carbons (Fsp3) is 0.418. The largest absolute Gasteiger partial charge is 0.481 e. The molecule has 9 amide bonds. The summed E-state index contributed by atoms with van der Waals surface area (Å²) in [6.45, 7) is 0.197. The maximum absolute atomic E-state index is 14.8. The Morgan fingerprint density at radius 2 is 0.617 bits per heavy atom. The van der Waals surface area contributed by atoms with E-state index in [9.17, 15) is 63.0 Å². The van der Waals surface area contributed by atoms with Gasteiger partial charge in [-0.15, -0.1) is 0 Å². The SMILES string of the molecule is NCCCC[C@H](NC(=O)[C@H](CC(=O)O)NC(=O)[C@@H](N)Cc1c[nH]cn1)C(=O)N[C@@H](CS)C(=O)N[C@@H](Cc1c[nH]cn1)C(=O)N[C@@H](Cc1c[nH]cn1)C(=O)N[C@@H](Cc1c[nH]cn1)C(=O)N[C@@H](Cc1c[nH]cn1)C(=O)N[C@@H](Cc1c[nH]cn1)C(=O)N[C@@H](Cc1c[nH]cn1)C(=O)O. The molecule has 7 heterocycles. The summed E-state index contributed by atoms with van der Waals surface area (Å²) in [6, 6.07) is -15.2. The number of H-pyrrole nitrogens is 7. The Morgan fingerprint density at radius 1 is 0.362 bits per heavy atom. The number of carbonyl (C=O) groups is 11. The molecule has 7 aromatic rings. The highest BCUT2D eigenvalue weighted by Crippen LogP contribution is 2.12. The van der Waals surface area contributed by atoms with Gasteiger partial charge in [-0.25, -0.2) is 39.7 Å². The van der Waals surface area contributed by atoms with Crippen LogP contribution in [0.5, 0.6) is 0 Å². The number of carbonyl (C=O) groups excluding carboxylic acids is 9. The predicted molar refractivity (Wildman–Crippen MR) is 328 cm³/mol. The van der Waals surface area contributed by atoms with Crippen molar-refractivity contribution in [2.24, 2.45) is 11.5 Å². The highest BCUT2D eigenvalue weighted by molar-refractivity contribution is 7.80. The van der Waals surface area contributed by atoms with Crippen molar-refractivity contribution in [2.45, 2.75) is 131 Å². The smallest absolute Gasteiger partial charge is 0.326 e. The molecule has 0 aliphatic carbocycles. The number of carboxylic acids is 2. The Labute approximate surface area is 538 Å². The fourth-order valence-corrected chi connectivity index (χ4v) is 9.69. The molecule has 0 saturated heterocycles. The highest BCUT2D eigenvalue weighted by Gasteiger charge is 2.37. The third-order valence-corrected chi connectivity index (χ3v) is 14.7. The van der Waals surface area contributed by atoms with Crippen molar-refractivity contribution in [1.29, 1.82) is 0 Å². The Balaban J connectivity index is 1.08. The lowest BCUT2D eigenvalue weighted by molar-refractivity contribution is -0.142. The van der Waals surface area contributed by atoms with E-state index < -0.39 is 138 Å². The molecule has 0 radical (unpaired) electrons. The summed E-state index contributed by atoms with van der Waals surface area (Å²) in [5, 5.41) is 42.7. The van der Waals surface area contributed by atoms with Gasteiger partial charge < -0.3 is 104 Å². The molecule has 7 aromatic heterocycles.